The first-order valence-electron chi connectivity index (χ1n) is 14.1. The number of carbonyl (C=O) groups excluding carboxylic acids is 1. The molecular weight excluding hydrogens is 502 g/mol. The van der Waals surface area contributed by atoms with Gasteiger partial charge in [-0.25, -0.2) is 4.98 Å². The van der Waals surface area contributed by atoms with Crippen molar-refractivity contribution in [1.82, 2.24) is 30.0 Å². The number of anilines is 2. The smallest absolute Gasteiger partial charge is 0.245 e. The lowest BCUT2D eigenvalue weighted by Gasteiger charge is -2.47. The van der Waals surface area contributed by atoms with E-state index in [2.05, 4.69) is 64.6 Å². The number of nitrogens with one attached hydrogen (secondary N) is 1. The topological polar surface area (TPSA) is 108 Å². The van der Waals surface area contributed by atoms with E-state index in [-0.39, 0.29) is 11.3 Å². The molecule has 0 aliphatic carbocycles. The number of hydrogen-bond donors (Lipinski definition) is 1. The molecule has 3 fully saturated rings. The predicted octanol–water partition coefficient (Wildman–Crippen LogP) is 3.20. The van der Waals surface area contributed by atoms with Gasteiger partial charge in [0.15, 0.2) is 5.82 Å². The first-order valence-corrected chi connectivity index (χ1v) is 14.1. The number of benzene rings is 1. The minimum Gasteiger partial charge on any atom is -0.355 e. The van der Waals surface area contributed by atoms with Crippen LogP contribution in [0, 0.1) is 29.6 Å². The van der Waals surface area contributed by atoms with E-state index >= 15 is 0 Å². The standard InChI is InChI=1S/C30H37N9O/c1-5-25(40)39-18-30(19-39)10-13-38(17-30)28-22(14-31)27(26-20(2)6-7-24-23(26)15-32-35-24)33-29(34-28)37-11-8-21(9-12-37)16-36(3)4/h5-7,15,21H,1,8-13,16-19H2,2-4H3,(H,32,35). The van der Waals surface area contributed by atoms with Crippen molar-refractivity contribution in [3.63, 3.8) is 0 Å². The van der Waals surface area contributed by atoms with Crippen molar-refractivity contribution in [2.24, 2.45) is 11.3 Å². The van der Waals surface area contributed by atoms with Gasteiger partial charge in [0.05, 0.1) is 17.4 Å². The summed E-state index contributed by atoms with van der Waals surface area (Å²) in [7, 11) is 4.26. The Morgan fingerprint density at radius 3 is 2.67 bits per heavy atom. The molecule has 0 unspecified atom stereocenters. The summed E-state index contributed by atoms with van der Waals surface area (Å²) in [5.74, 6) is 2.02. The summed E-state index contributed by atoms with van der Waals surface area (Å²) in [6, 6.07) is 6.55. The van der Waals surface area contributed by atoms with E-state index in [1.165, 1.54) is 6.08 Å². The second-order valence-electron chi connectivity index (χ2n) is 12.0. The van der Waals surface area contributed by atoms with Crippen LogP contribution in [-0.2, 0) is 4.79 Å². The molecule has 1 N–H and O–H groups in total. The second-order valence-corrected chi connectivity index (χ2v) is 12.0. The zero-order valence-electron chi connectivity index (χ0n) is 23.7. The average Bonchev–Trinajstić information content (AvgIpc) is 3.59. The molecule has 3 saturated heterocycles. The molecule has 0 radical (unpaired) electrons. The number of hydrogen-bond acceptors (Lipinski definition) is 8. The van der Waals surface area contributed by atoms with Crippen molar-refractivity contribution >= 4 is 28.6 Å². The van der Waals surface area contributed by atoms with Crippen molar-refractivity contribution in [2.75, 3.05) is 69.7 Å². The van der Waals surface area contributed by atoms with Gasteiger partial charge in [-0.2, -0.15) is 15.3 Å². The highest BCUT2D eigenvalue weighted by Gasteiger charge is 2.49. The third kappa shape index (κ3) is 4.58. The van der Waals surface area contributed by atoms with Crippen LogP contribution < -0.4 is 9.80 Å². The van der Waals surface area contributed by atoms with E-state index < -0.39 is 0 Å². The first kappa shape index (κ1) is 26.3. The molecule has 3 aliphatic rings. The molecule has 40 heavy (non-hydrogen) atoms. The van der Waals surface area contributed by atoms with Gasteiger partial charge in [-0.05, 0) is 63.9 Å². The van der Waals surface area contributed by atoms with Crippen LogP contribution in [0.4, 0.5) is 11.8 Å². The molecule has 5 heterocycles. The van der Waals surface area contributed by atoms with Crippen molar-refractivity contribution in [2.45, 2.75) is 26.2 Å². The Kier molecular flexibility index (Phi) is 6.70. The second kappa shape index (κ2) is 10.2. The number of H-pyrrole nitrogens is 1. The molecule has 1 amide bonds. The first-order chi connectivity index (χ1) is 19.3. The molecule has 6 rings (SSSR count). The zero-order chi connectivity index (χ0) is 28.0. The third-order valence-corrected chi connectivity index (χ3v) is 8.86. The van der Waals surface area contributed by atoms with E-state index in [0.717, 1.165) is 74.0 Å². The molecule has 208 valence electrons. The number of fused-ring (bicyclic) bond motifs is 1. The summed E-state index contributed by atoms with van der Waals surface area (Å²) < 4.78 is 0. The summed E-state index contributed by atoms with van der Waals surface area (Å²) in [4.78, 5) is 31.0. The molecule has 0 atom stereocenters. The van der Waals surface area contributed by atoms with Crippen molar-refractivity contribution < 1.29 is 4.79 Å². The van der Waals surface area contributed by atoms with Crippen molar-refractivity contribution in [1.29, 1.82) is 5.26 Å². The molecule has 0 saturated carbocycles. The Labute approximate surface area is 235 Å². The highest BCUT2D eigenvalue weighted by atomic mass is 16.2. The van der Waals surface area contributed by atoms with Crippen LogP contribution >= 0.6 is 0 Å². The van der Waals surface area contributed by atoms with E-state index in [4.69, 9.17) is 9.97 Å². The summed E-state index contributed by atoms with van der Waals surface area (Å²) in [5.41, 5.74) is 4.08. The number of aryl methyl sites for hydroxylation is 1. The maximum atomic E-state index is 12.1. The normalized spacial score (nSPS) is 18.9. The number of amides is 1. The van der Waals surface area contributed by atoms with Gasteiger partial charge in [-0.1, -0.05) is 12.6 Å². The third-order valence-electron chi connectivity index (χ3n) is 8.86. The minimum absolute atomic E-state index is 0.0188. The summed E-state index contributed by atoms with van der Waals surface area (Å²) >= 11 is 0. The van der Waals surface area contributed by atoms with Crippen molar-refractivity contribution in [3.8, 4) is 17.3 Å². The van der Waals surface area contributed by atoms with Crippen LogP contribution in [0.1, 0.15) is 30.4 Å². The zero-order valence-corrected chi connectivity index (χ0v) is 23.7. The Morgan fingerprint density at radius 2 is 1.98 bits per heavy atom. The average molecular weight is 540 g/mol. The number of aromatic amines is 1. The summed E-state index contributed by atoms with van der Waals surface area (Å²) in [5, 5.41) is 18.8. The fourth-order valence-electron chi connectivity index (χ4n) is 6.79. The van der Waals surface area contributed by atoms with E-state index in [0.29, 0.717) is 42.0 Å². The highest BCUT2D eigenvalue weighted by molar-refractivity contribution is 5.97. The lowest BCUT2D eigenvalue weighted by atomic mass is 9.79. The Bertz CT molecular complexity index is 1490. The maximum Gasteiger partial charge on any atom is 0.245 e. The molecular formula is C30H37N9O. The van der Waals surface area contributed by atoms with Crippen molar-refractivity contribution in [3.05, 3.63) is 42.1 Å². The quantitative estimate of drug-likeness (QED) is 0.476. The Balaban J connectivity index is 1.40. The van der Waals surface area contributed by atoms with Gasteiger partial charge in [0.1, 0.15) is 11.6 Å². The number of likely N-dealkylation sites (tertiary alicyclic amines) is 1. The lowest BCUT2D eigenvalue weighted by Crippen LogP contribution is -2.59. The summed E-state index contributed by atoms with van der Waals surface area (Å²) in [6.45, 7) is 11.5. The van der Waals surface area contributed by atoms with Crippen LogP contribution in [0.5, 0.6) is 0 Å². The van der Waals surface area contributed by atoms with E-state index in [1.807, 2.05) is 17.2 Å². The van der Waals surface area contributed by atoms with Gasteiger partial charge in [0.25, 0.3) is 0 Å². The molecule has 10 nitrogen and oxygen atoms in total. The molecule has 3 aliphatic heterocycles. The molecule has 2 aromatic heterocycles. The van der Waals surface area contributed by atoms with Crippen LogP contribution in [0.15, 0.2) is 31.0 Å². The van der Waals surface area contributed by atoms with Crippen LogP contribution in [0.2, 0.25) is 0 Å². The minimum atomic E-state index is -0.0188. The summed E-state index contributed by atoms with van der Waals surface area (Å²) in [6.07, 6.45) is 6.33. The number of rotatable bonds is 6. The van der Waals surface area contributed by atoms with Gasteiger partial charge in [0, 0.05) is 62.2 Å². The number of carbonyl (C=O) groups is 1. The van der Waals surface area contributed by atoms with Crippen LogP contribution in [0.3, 0.4) is 0 Å². The van der Waals surface area contributed by atoms with Gasteiger partial charge >= 0.3 is 0 Å². The van der Waals surface area contributed by atoms with Gasteiger partial charge in [-0.15, -0.1) is 0 Å². The molecule has 0 bridgehead atoms. The SMILES string of the molecule is C=CC(=O)N1CC2(CCN(c3nc(N4CCC(CN(C)C)CC4)nc(-c4c(C)ccc5[nH]ncc45)c3C#N)C2)C1. The molecule has 10 heteroatoms. The number of piperidine rings is 1. The monoisotopic (exact) mass is 539 g/mol. The molecule has 1 aromatic carbocycles. The fourth-order valence-corrected chi connectivity index (χ4v) is 6.79. The molecule has 3 aromatic rings. The van der Waals surface area contributed by atoms with E-state index in [9.17, 15) is 10.1 Å². The number of aromatic nitrogens is 4. The Morgan fingerprint density at radius 1 is 1.20 bits per heavy atom. The van der Waals surface area contributed by atoms with Crippen LogP contribution in [-0.4, -0.2) is 95.8 Å². The fraction of sp³-hybridized carbons (Fsp3) is 0.500. The largest absolute Gasteiger partial charge is 0.355 e. The highest BCUT2D eigenvalue weighted by Crippen LogP contribution is 2.43. The van der Waals surface area contributed by atoms with Gasteiger partial charge in [0.2, 0.25) is 11.9 Å². The Hall–Kier alpha value is -3.97. The predicted molar refractivity (Wildman–Crippen MR) is 156 cm³/mol. The van der Waals surface area contributed by atoms with E-state index in [1.54, 1.807) is 0 Å². The number of nitriles is 1. The van der Waals surface area contributed by atoms with Gasteiger partial charge in [-0.3, -0.25) is 9.89 Å². The lowest BCUT2D eigenvalue weighted by molar-refractivity contribution is -0.136. The molecule has 1 spiro atoms. The van der Waals surface area contributed by atoms with Crippen LogP contribution in [0.25, 0.3) is 22.2 Å². The maximum absolute atomic E-state index is 12.1. The number of nitrogens with zero attached hydrogens (tertiary/aromatic N) is 8. The van der Waals surface area contributed by atoms with Gasteiger partial charge < -0.3 is 19.6 Å².